The molecule has 0 fully saturated rings. The number of aryl methyl sites for hydroxylation is 1. The minimum absolute atomic E-state index is 0.627. The number of halogens is 2. The zero-order valence-electron chi connectivity index (χ0n) is 8.34. The third kappa shape index (κ3) is 1.88. The molecule has 0 unspecified atom stereocenters. The van der Waals surface area contributed by atoms with Gasteiger partial charge in [0.15, 0.2) is 0 Å². The van der Waals surface area contributed by atoms with Gasteiger partial charge in [0.1, 0.15) is 0 Å². The molecular weight excluding hydrogens is 322 g/mol. The number of fused-ring (bicyclic) bond motifs is 1. The van der Waals surface area contributed by atoms with Crippen LogP contribution in [0.3, 0.4) is 0 Å². The Bertz CT molecular complexity index is 525. The first-order chi connectivity index (χ1) is 7.13. The fraction of sp³-hybridized carbons (Fsp3) is 0.182. The molecule has 0 amide bonds. The van der Waals surface area contributed by atoms with Crippen molar-refractivity contribution in [3.05, 3.63) is 32.7 Å². The van der Waals surface area contributed by atoms with Gasteiger partial charge in [0.25, 0.3) is 0 Å². The highest BCUT2D eigenvalue weighted by Gasteiger charge is 2.10. The molecule has 0 aliphatic heterocycles. The first-order valence-electron chi connectivity index (χ1n) is 4.43. The molecule has 0 aliphatic rings. The standard InChI is InChI=1S/C11H9Br2NO/c1-6-8-5-7(12)3-4-9(8)14-11(15-2)10(6)13/h3-5H,1-2H3. The van der Waals surface area contributed by atoms with Crippen LogP contribution in [0.25, 0.3) is 10.9 Å². The normalized spacial score (nSPS) is 10.7. The number of aromatic nitrogens is 1. The van der Waals surface area contributed by atoms with Gasteiger partial charge in [0.2, 0.25) is 5.88 Å². The fourth-order valence-corrected chi connectivity index (χ4v) is 2.30. The van der Waals surface area contributed by atoms with E-state index >= 15 is 0 Å². The lowest BCUT2D eigenvalue weighted by molar-refractivity contribution is 0.396. The summed E-state index contributed by atoms with van der Waals surface area (Å²) < 4.78 is 7.16. The molecule has 78 valence electrons. The van der Waals surface area contributed by atoms with Gasteiger partial charge < -0.3 is 4.74 Å². The van der Waals surface area contributed by atoms with E-state index in [9.17, 15) is 0 Å². The molecule has 2 nitrogen and oxygen atoms in total. The van der Waals surface area contributed by atoms with Crippen LogP contribution in [0.5, 0.6) is 5.88 Å². The van der Waals surface area contributed by atoms with Gasteiger partial charge in [0.05, 0.1) is 17.1 Å². The van der Waals surface area contributed by atoms with Crippen molar-refractivity contribution < 1.29 is 4.74 Å². The Morgan fingerprint density at radius 2 is 2.00 bits per heavy atom. The second kappa shape index (κ2) is 4.10. The molecule has 0 atom stereocenters. The highest BCUT2D eigenvalue weighted by atomic mass is 79.9. The summed E-state index contributed by atoms with van der Waals surface area (Å²) in [4.78, 5) is 4.41. The van der Waals surface area contributed by atoms with Crippen LogP contribution in [0.2, 0.25) is 0 Å². The van der Waals surface area contributed by atoms with E-state index in [0.29, 0.717) is 5.88 Å². The van der Waals surface area contributed by atoms with Crippen molar-refractivity contribution in [3.8, 4) is 5.88 Å². The predicted octanol–water partition coefficient (Wildman–Crippen LogP) is 4.08. The topological polar surface area (TPSA) is 22.1 Å². The Hall–Kier alpha value is -0.610. The summed E-state index contributed by atoms with van der Waals surface area (Å²) in [7, 11) is 1.62. The van der Waals surface area contributed by atoms with Crippen molar-refractivity contribution in [2.75, 3.05) is 7.11 Å². The quantitative estimate of drug-likeness (QED) is 0.786. The molecule has 1 heterocycles. The highest BCUT2D eigenvalue weighted by Crippen LogP contribution is 2.32. The zero-order valence-corrected chi connectivity index (χ0v) is 11.5. The Morgan fingerprint density at radius 3 is 2.67 bits per heavy atom. The predicted molar refractivity (Wildman–Crippen MR) is 68.4 cm³/mol. The van der Waals surface area contributed by atoms with Crippen LogP contribution < -0.4 is 4.74 Å². The summed E-state index contributed by atoms with van der Waals surface area (Å²) in [5.41, 5.74) is 2.08. The molecule has 0 saturated heterocycles. The van der Waals surface area contributed by atoms with Crippen LogP contribution in [0.4, 0.5) is 0 Å². The molecule has 4 heteroatoms. The number of methoxy groups -OCH3 is 1. The third-order valence-corrected chi connectivity index (χ3v) is 3.72. The number of hydrogen-bond acceptors (Lipinski definition) is 2. The van der Waals surface area contributed by atoms with E-state index in [4.69, 9.17) is 4.74 Å². The van der Waals surface area contributed by atoms with Crippen molar-refractivity contribution in [1.82, 2.24) is 4.98 Å². The molecular formula is C11H9Br2NO. The molecule has 1 aromatic carbocycles. The minimum atomic E-state index is 0.627. The lowest BCUT2D eigenvalue weighted by Gasteiger charge is -2.08. The summed E-state index contributed by atoms with van der Waals surface area (Å²) in [6.07, 6.45) is 0. The van der Waals surface area contributed by atoms with Gasteiger partial charge in [-0.25, -0.2) is 4.98 Å². The second-order valence-corrected chi connectivity index (χ2v) is 4.93. The highest BCUT2D eigenvalue weighted by molar-refractivity contribution is 9.10. The number of benzene rings is 1. The van der Waals surface area contributed by atoms with Gasteiger partial charge in [-0.05, 0) is 46.6 Å². The first-order valence-corrected chi connectivity index (χ1v) is 6.01. The second-order valence-electron chi connectivity index (χ2n) is 3.22. The number of pyridine rings is 1. The largest absolute Gasteiger partial charge is 0.480 e. The minimum Gasteiger partial charge on any atom is -0.480 e. The Morgan fingerprint density at radius 1 is 1.27 bits per heavy atom. The number of rotatable bonds is 1. The van der Waals surface area contributed by atoms with Gasteiger partial charge in [-0.2, -0.15) is 0 Å². The fourth-order valence-electron chi connectivity index (χ4n) is 1.48. The molecule has 0 spiro atoms. The molecule has 0 radical (unpaired) electrons. The molecule has 0 aliphatic carbocycles. The van der Waals surface area contributed by atoms with Gasteiger partial charge in [-0.1, -0.05) is 15.9 Å². The number of hydrogen-bond donors (Lipinski definition) is 0. The van der Waals surface area contributed by atoms with Gasteiger partial charge >= 0.3 is 0 Å². The molecule has 0 saturated carbocycles. The Balaban J connectivity index is 2.84. The van der Waals surface area contributed by atoms with Crippen LogP contribution >= 0.6 is 31.9 Å². The van der Waals surface area contributed by atoms with E-state index in [1.807, 2.05) is 19.1 Å². The number of ether oxygens (including phenoxy) is 1. The summed E-state index contributed by atoms with van der Waals surface area (Å²) in [5, 5.41) is 1.12. The first kappa shape index (κ1) is 10.9. The lowest BCUT2D eigenvalue weighted by Crippen LogP contribution is -1.93. The van der Waals surface area contributed by atoms with Crippen LogP contribution in [0, 0.1) is 6.92 Å². The van der Waals surface area contributed by atoms with Crippen LogP contribution in [-0.4, -0.2) is 12.1 Å². The molecule has 0 N–H and O–H groups in total. The summed E-state index contributed by atoms with van der Waals surface area (Å²) in [5.74, 6) is 0.627. The zero-order chi connectivity index (χ0) is 11.0. The average molecular weight is 331 g/mol. The van der Waals surface area contributed by atoms with E-state index in [2.05, 4.69) is 42.9 Å². The van der Waals surface area contributed by atoms with Crippen LogP contribution in [0.15, 0.2) is 27.1 Å². The Kier molecular flexibility index (Phi) is 2.98. The van der Waals surface area contributed by atoms with Crippen molar-refractivity contribution >= 4 is 42.8 Å². The van der Waals surface area contributed by atoms with Crippen molar-refractivity contribution in [2.45, 2.75) is 6.92 Å². The van der Waals surface area contributed by atoms with Crippen LogP contribution in [-0.2, 0) is 0 Å². The average Bonchev–Trinajstić information content (AvgIpc) is 2.24. The van der Waals surface area contributed by atoms with E-state index in [1.165, 1.54) is 0 Å². The van der Waals surface area contributed by atoms with Crippen molar-refractivity contribution in [1.29, 1.82) is 0 Å². The summed E-state index contributed by atoms with van der Waals surface area (Å²) >= 11 is 6.94. The molecule has 0 bridgehead atoms. The van der Waals surface area contributed by atoms with E-state index < -0.39 is 0 Å². The monoisotopic (exact) mass is 329 g/mol. The van der Waals surface area contributed by atoms with Gasteiger partial charge in [-0.3, -0.25) is 0 Å². The molecule has 2 rings (SSSR count). The molecule has 15 heavy (non-hydrogen) atoms. The molecule has 1 aromatic heterocycles. The molecule has 2 aromatic rings. The van der Waals surface area contributed by atoms with Crippen molar-refractivity contribution in [3.63, 3.8) is 0 Å². The maximum Gasteiger partial charge on any atom is 0.228 e. The third-order valence-electron chi connectivity index (χ3n) is 2.29. The summed E-state index contributed by atoms with van der Waals surface area (Å²) in [6, 6.07) is 6.01. The number of nitrogens with zero attached hydrogens (tertiary/aromatic N) is 1. The summed E-state index contributed by atoms with van der Waals surface area (Å²) in [6.45, 7) is 2.04. The van der Waals surface area contributed by atoms with E-state index in [-0.39, 0.29) is 0 Å². The van der Waals surface area contributed by atoms with Crippen LogP contribution in [0.1, 0.15) is 5.56 Å². The van der Waals surface area contributed by atoms with E-state index in [1.54, 1.807) is 7.11 Å². The van der Waals surface area contributed by atoms with Crippen molar-refractivity contribution in [2.24, 2.45) is 0 Å². The maximum absolute atomic E-state index is 5.19. The van der Waals surface area contributed by atoms with Gasteiger partial charge in [0, 0.05) is 9.86 Å². The van der Waals surface area contributed by atoms with E-state index in [0.717, 1.165) is 25.4 Å². The maximum atomic E-state index is 5.19. The SMILES string of the molecule is COc1nc2ccc(Br)cc2c(C)c1Br. The lowest BCUT2D eigenvalue weighted by atomic mass is 10.1. The van der Waals surface area contributed by atoms with Gasteiger partial charge in [-0.15, -0.1) is 0 Å². The smallest absolute Gasteiger partial charge is 0.228 e. The Labute approximate surface area is 105 Å².